The Morgan fingerprint density at radius 3 is 2.79 bits per heavy atom. The molecular formula is C12H14N2O5. The van der Waals surface area contributed by atoms with Crippen molar-refractivity contribution in [2.75, 3.05) is 13.8 Å². The number of amides is 1. The molecule has 7 nitrogen and oxygen atoms in total. The topological polar surface area (TPSA) is 102 Å². The van der Waals surface area contributed by atoms with E-state index in [2.05, 4.69) is 0 Å². The molecule has 1 aromatic carbocycles. The largest absolute Gasteiger partial charge is 0.480 e. The second kappa shape index (κ2) is 5.15. The van der Waals surface area contributed by atoms with Crippen LogP contribution in [0.2, 0.25) is 0 Å². The molecule has 1 aromatic rings. The van der Waals surface area contributed by atoms with Gasteiger partial charge >= 0.3 is 5.97 Å². The molecule has 102 valence electrons. The lowest BCUT2D eigenvalue weighted by Gasteiger charge is -2.19. The second-order valence-electron chi connectivity index (χ2n) is 4.20. The first-order valence-corrected chi connectivity index (χ1v) is 5.61. The van der Waals surface area contributed by atoms with E-state index in [1.165, 1.54) is 11.9 Å². The zero-order chi connectivity index (χ0) is 14.0. The molecule has 1 atom stereocenters. The summed E-state index contributed by atoms with van der Waals surface area (Å²) in [5.74, 6) is -0.728. The fourth-order valence-electron chi connectivity index (χ4n) is 1.73. The molecule has 1 aliphatic heterocycles. The molecular weight excluding hydrogens is 252 g/mol. The third kappa shape index (κ3) is 2.76. The Morgan fingerprint density at radius 2 is 2.11 bits per heavy atom. The average molecular weight is 266 g/mol. The summed E-state index contributed by atoms with van der Waals surface area (Å²) in [6, 6.07) is 3.73. The van der Waals surface area contributed by atoms with E-state index in [1.54, 1.807) is 18.2 Å². The maximum atomic E-state index is 11.7. The summed E-state index contributed by atoms with van der Waals surface area (Å²) in [7, 11) is 1.50. The number of nitrogens with zero attached hydrogens (tertiary/aromatic N) is 1. The van der Waals surface area contributed by atoms with Crippen molar-refractivity contribution in [1.29, 1.82) is 0 Å². The molecule has 3 N–H and O–H groups in total. The van der Waals surface area contributed by atoms with Crippen LogP contribution in [-0.2, 0) is 16.1 Å². The smallest absolute Gasteiger partial charge is 0.330 e. The molecule has 0 bridgehead atoms. The minimum atomic E-state index is -1.54. The standard InChI is InChI=1S/C12H14N2O5/c1-14(11(15)10(13)12(16)17)5-7-2-3-8-9(4-7)19-6-18-8/h2-4,10H,5-6,13H2,1H3,(H,16,17). The third-order valence-corrected chi connectivity index (χ3v) is 2.77. The van der Waals surface area contributed by atoms with Crippen molar-refractivity contribution in [2.24, 2.45) is 5.73 Å². The first kappa shape index (κ1) is 13.2. The highest BCUT2D eigenvalue weighted by atomic mass is 16.7. The highest BCUT2D eigenvalue weighted by Gasteiger charge is 2.25. The monoisotopic (exact) mass is 266 g/mol. The number of carbonyl (C=O) groups excluding carboxylic acids is 1. The van der Waals surface area contributed by atoms with Gasteiger partial charge in [-0.2, -0.15) is 0 Å². The Bertz CT molecular complexity index is 517. The summed E-state index contributed by atoms with van der Waals surface area (Å²) in [5.41, 5.74) is 6.07. The molecule has 2 rings (SSSR count). The van der Waals surface area contributed by atoms with Gasteiger partial charge in [-0.15, -0.1) is 0 Å². The van der Waals surface area contributed by atoms with Crippen LogP contribution >= 0.6 is 0 Å². The van der Waals surface area contributed by atoms with Crippen molar-refractivity contribution in [3.05, 3.63) is 23.8 Å². The van der Waals surface area contributed by atoms with Crippen molar-refractivity contribution >= 4 is 11.9 Å². The van der Waals surface area contributed by atoms with Gasteiger partial charge in [-0.25, -0.2) is 4.79 Å². The minimum absolute atomic E-state index is 0.178. The van der Waals surface area contributed by atoms with E-state index < -0.39 is 17.9 Å². The molecule has 0 radical (unpaired) electrons. The Kier molecular flexibility index (Phi) is 3.57. The number of benzene rings is 1. The lowest BCUT2D eigenvalue weighted by molar-refractivity contribution is -0.146. The van der Waals surface area contributed by atoms with E-state index in [9.17, 15) is 9.59 Å². The van der Waals surface area contributed by atoms with E-state index in [1.807, 2.05) is 0 Å². The SMILES string of the molecule is CN(Cc1ccc2c(c1)OCO2)C(=O)C(N)C(=O)O. The van der Waals surface area contributed by atoms with E-state index in [0.29, 0.717) is 11.5 Å². The van der Waals surface area contributed by atoms with Crippen molar-refractivity contribution < 1.29 is 24.2 Å². The van der Waals surface area contributed by atoms with Gasteiger partial charge in [0.15, 0.2) is 17.5 Å². The van der Waals surface area contributed by atoms with Crippen LogP contribution in [0.4, 0.5) is 0 Å². The van der Waals surface area contributed by atoms with Crippen molar-refractivity contribution in [2.45, 2.75) is 12.6 Å². The quantitative estimate of drug-likeness (QED) is 0.731. The summed E-state index contributed by atoms with van der Waals surface area (Å²) >= 11 is 0. The third-order valence-electron chi connectivity index (χ3n) is 2.77. The Balaban J connectivity index is 2.05. The van der Waals surface area contributed by atoms with Gasteiger partial charge in [-0.3, -0.25) is 4.79 Å². The van der Waals surface area contributed by atoms with Gasteiger partial charge in [-0.1, -0.05) is 6.07 Å². The lowest BCUT2D eigenvalue weighted by Crippen LogP contribution is -2.46. The number of ether oxygens (including phenoxy) is 2. The van der Waals surface area contributed by atoms with Gasteiger partial charge < -0.3 is 25.2 Å². The predicted molar refractivity (Wildman–Crippen MR) is 64.7 cm³/mol. The van der Waals surface area contributed by atoms with Gasteiger partial charge in [0.2, 0.25) is 6.79 Å². The number of carboxylic acids is 1. The fourth-order valence-corrected chi connectivity index (χ4v) is 1.73. The van der Waals surface area contributed by atoms with Crippen LogP contribution in [0.3, 0.4) is 0 Å². The zero-order valence-electron chi connectivity index (χ0n) is 10.3. The van der Waals surface area contributed by atoms with Crippen LogP contribution in [0.1, 0.15) is 5.56 Å². The Morgan fingerprint density at radius 1 is 1.42 bits per heavy atom. The van der Waals surface area contributed by atoms with Crippen molar-refractivity contribution in [3.63, 3.8) is 0 Å². The van der Waals surface area contributed by atoms with Crippen molar-refractivity contribution in [1.82, 2.24) is 4.90 Å². The molecule has 0 fully saturated rings. The van der Waals surface area contributed by atoms with Crippen LogP contribution in [0, 0.1) is 0 Å². The highest BCUT2D eigenvalue weighted by molar-refractivity contribution is 6.00. The normalized spacial score (nSPS) is 14.0. The molecule has 19 heavy (non-hydrogen) atoms. The van der Waals surface area contributed by atoms with Gasteiger partial charge in [0.25, 0.3) is 5.91 Å². The lowest BCUT2D eigenvalue weighted by atomic mass is 10.2. The Labute approximate surface area is 109 Å². The summed E-state index contributed by atoms with van der Waals surface area (Å²) in [6.45, 7) is 0.425. The molecule has 0 aromatic heterocycles. The number of hydrogen-bond donors (Lipinski definition) is 2. The number of hydrogen-bond acceptors (Lipinski definition) is 5. The van der Waals surface area contributed by atoms with Gasteiger partial charge in [0, 0.05) is 13.6 Å². The average Bonchev–Trinajstić information content (AvgIpc) is 2.84. The molecule has 1 heterocycles. The zero-order valence-corrected chi connectivity index (χ0v) is 10.3. The Hall–Kier alpha value is -2.28. The molecule has 1 amide bonds. The summed E-state index contributed by atoms with van der Waals surface area (Å²) in [6.07, 6.45) is 0. The number of carbonyl (C=O) groups is 2. The first-order valence-electron chi connectivity index (χ1n) is 5.61. The molecule has 7 heteroatoms. The van der Waals surface area contributed by atoms with E-state index in [-0.39, 0.29) is 13.3 Å². The summed E-state index contributed by atoms with van der Waals surface area (Å²) < 4.78 is 10.4. The van der Waals surface area contributed by atoms with Crippen LogP contribution in [-0.4, -0.2) is 41.8 Å². The van der Waals surface area contributed by atoms with Crippen LogP contribution in [0.5, 0.6) is 11.5 Å². The molecule has 0 saturated heterocycles. The maximum absolute atomic E-state index is 11.7. The summed E-state index contributed by atoms with van der Waals surface area (Å²) in [5, 5.41) is 8.69. The van der Waals surface area contributed by atoms with E-state index >= 15 is 0 Å². The number of aliphatic carboxylic acids is 1. The molecule has 0 spiro atoms. The van der Waals surface area contributed by atoms with Crippen molar-refractivity contribution in [3.8, 4) is 11.5 Å². The van der Waals surface area contributed by atoms with Gasteiger partial charge in [0.1, 0.15) is 0 Å². The predicted octanol–water partition coefficient (Wildman–Crippen LogP) is -0.214. The minimum Gasteiger partial charge on any atom is -0.480 e. The molecule has 1 unspecified atom stereocenters. The number of nitrogens with two attached hydrogens (primary N) is 1. The second-order valence-corrected chi connectivity index (χ2v) is 4.20. The number of fused-ring (bicyclic) bond motifs is 1. The number of carboxylic acid groups (broad SMARTS) is 1. The van der Waals surface area contributed by atoms with Crippen LogP contribution < -0.4 is 15.2 Å². The maximum Gasteiger partial charge on any atom is 0.330 e. The molecule has 0 saturated carbocycles. The highest BCUT2D eigenvalue weighted by Crippen LogP contribution is 2.32. The summed E-state index contributed by atoms with van der Waals surface area (Å²) in [4.78, 5) is 23.6. The number of rotatable bonds is 4. The number of likely N-dealkylation sites (N-methyl/N-ethyl adjacent to an activating group) is 1. The molecule has 0 aliphatic carbocycles. The van der Waals surface area contributed by atoms with Gasteiger partial charge in [0.05, 0.1) is 0 Å². The van der Waals surface area contributed by atoms with E-state index in [0.717, 1.165) is 5.56 Å². The first-order chi connectivity index (χ1) is 8.99. The fraction of sp³-hybridized carbons (Fsp3) is 0.333. The van der Waals surface area contributed by atoms with Crippen LogP contribution in [0.15, 0.2) is 18.2 Å². The molecule has 1 aliphatic rings. The van der Waals surface area contributed by atoms with E-state index in [4.69, 9.17) is 20.3 Å². The van der Waals surface area contributed by atoms with Crippen LogP contribution in [0.25, 0.3) is 0 Å². The van der Waals surface area contributed by atoms with Gasteiger partial charge in [-0.05, 0) is 17.7 Å².